The van der Waals surface area contributed by atoms with Crippen molar-refractivity contribution in [2.45, 2.75) is 39.2 Å². The van der Waals surface area contributed by atoms with E-state index in [1.165, 1.54) is 16.9 Å². The third-order valence-electron chi connectivity index (χ3n) is 3.36. The molecule has 21 heavy (non-hydrogen) atoms. The molecule has 0 fully saturated rings. The van der Waals surface area contributed by atoms with Crippen molar-refractivity contribution < 1.29 is 4.79 Å². The van der Waals surface area contributed by atoms with E-state index < -0.39 is 5.54 Å². The quantitative estimate of drug-likeness (QED) is 0.887. The number of thiazole rings is 1. The van der Waals surface area contributed by atoms with Crippen LogP contribution in [0.2, 0.25) is 0 Å². The fourth-order valence-electron chi connectivity index (χ4n) is 2.06. The van der Waals surface area contributed by atoms with E-state index in [1.54, 1.807) is 6.92 Å². The van der Waals surface area contributed by atoms with Crippen molar-refractivity contribution in [1.29, 1.82) is 0 Å². The average Bonchev–Trinajstić information content (AvgIpc) is 2.88. The summed E-state index contributed by atoms with van der Waals surface area (Å²) in [5.41, 5.74) is 8.28. The van der Waals surface area contributed by atoms with Gasteiger partial charge in [-0.05, 0) is 20.3 Å². The Bertz CT molecular complexity index is 617. The van der Waals surface area contributed by atoms with Gasteiger partial charge in [-0.2, -0.15) is 0 Å². The number of nitrogens with one attached hydrogen (secondary N) is 1. The number of aryl methyl sites for hydroxylation is 1. The van der Waals surface area contributed by atoms with Crippen molar-refractivity contribution in [1.82, 2.24) is 4.98 Å². The zero-order chi connectivity index (χ0) is 15.5. The highest BCUT2D eigenvalue weighted by atomic mass is 32.1. The number of hydrogen-bond acceptors (Lipinski definition) is 4. The van der Waals surface area contributed by atoms with Crippen LogP contribution in [0, 0.1) is 6.92 Å². The largest absolute Gasteiger partial charge is 0.318 e. The van der Waals surface area contributed by atoms with E-state index in [2.05, 4.69) is 10.3 Å². The van der Waals surface area contributed by atoms with Crippen molar-refractivity contribution >= 4 is 22.4 Å². The molecule has 1 heterocycles. The third kappa shape index (κ3) is 3.89. The molecule has 1 aromatic heterocycles. The molecular formula is C16H21N3OS. The third-order valence-corrected chi connectivity index (χ3v) is 4.12. The van der Waals surface area contributed by atoms with Gasteiger partial charge in [0.1, 0.15) is 0 Å². The lowest BCUT2D eigenvalue weighted by atomic mass is 9.97. The first kappa shape index (κ1) is 15.7. The number of aromatic nitrogens is 1. The van der Waals surface area contributed by atoms with Crippen molar-refractivity contribution in [2.24, 2.45) is 5.73 Å². The topological polar surface area (TPSA) is 68.0 Å². The van der Waals surface area contributed by atoms with Gasteiger partial charge in [-0.3, -0.25) is 4.79 Å². The maximum atomic E-state index is 12.1. The fourth-order valence-corrected chi connectivity index (χ4v) is 2.78. The first-order chi connectivity index (χ1) is 9.92. The number of nitrogens with zero attached hydrogens (tertiary/aromatic N) is 1. The fraction of sp³-hybridized carbons (Fsp3) is 0.375. The predicted octanol–water partition coefficient (Wildman–Crippen LogP) is 3.57. The normalized spacial score (nSPS) is 13.7. The maximum Gasteiger partial charge on any atom is 0.245 e. The van der Waals surface area contributed by atoms with Gasteiger partial charge >= 0.3 is 0 Å². The number of amides is 1. The lowest BCUT2D eigenvalue weighted by Gasteiger charge is -2.21. The Morgan fingerprint density at radius 2 is 2.05 bits per heavy atom. The molecule has 2 rings (SSSR count). The predicted molar refractivity (Wildman–Crippen MR) is 88.4 cm³/mol. The van der Waals surface area contributed by atoms with E-state index in [0.717, 1.165) is 17.7 Å². The minimum absolute atomic E-state index is 0.186. The van der Waals surface area contributed by atoms with Crippen molar-refractivity contribution in [3.63, 3.8) is 0 Å². The van der Waals surface area contributed by atoms with E-state index in [1.807, 2.05) is 43.5 Å². The minimum Gasteiger partial charge on any atom is -0.318 e. The Morgan fingerprint density at radius 3 is 2.67 bits per heavy atom. The monoisotopic (exact) mass is 303 g/mol. The highest BCUT2D eigenvalue weighted by Gasteiger charge is 2.27. The lowest BCUT2D eigenvalue weighted by molar-refractivity contribution is -0.120. The Hall–Kier alpha value is -1.72. The number of carbonyl (C=O) groups is 1. The SMILES string of the molecule is CCCC(C)(N)C(=O)Nc1nc(-c2ccc(C)cc2)cs1. The van der Waals surface area contributed by atoms with Crippen molar-refractivity contribution in [3.05, 3.63) is 35.2 Å². The molecule has 1 unspecified atom stereocenters. The molecule has 0 aliphatic rings. The standard InChI is InChI=1S/C16H21N3OS/c1-4-9-16(3,17)14(20)19-15-18-13(10-21-15)12-7-5-11(2)6-8-12/h5-8,10H,4,9,17H2,1-3H3,(H,18,19,20). The molecule has 1 aromatic carbocycles. The zero-order valence-electron chi connectivity index (χ0n) is 12.6. The molecule has 1 amide bonds. The number of anilines is 1. The molecule has 4 nitrogen and oxygen atoms in total. The Morgan fingerprint density at radius 1 is 1.38 bits per heavy atom. The van der Waals surface area contributed by atoms with Crippen LogP contribution in [0.3, 0.4) is 0 Å². The van der Waals surface area contributed by atoms with Gasteiger partial charge in [-0.25, -0.2) is 4.98 Å². The molecule has 2 aromatic rings. The Balaban J connectivity index is 2.10. The van der Waals surface area contributed by atoms with Crippen molar-refractivity contribution in [3.8, 4) is 11.3 Å². The maximum absolute atomic E-state index is 12.1. The van der Waals surface area contributed by atoms with Gasteiger partial charge in [0.15, 0.2) is 5.13 Å². The molecule has 0 aliphatic carbocycles. The first-order valence-electron chi connectivity index (χ1n) is 7.05. The number of nitrogens with two attached hydrogens (primary N) is 1. The molecule has 0 saturated carbocycles. The molecule has 0 saturated heterocycles. The second-order valence-electron chi connectivity index (χ2n) is 5.53. The summed E-state index contributed by atoms with van der Waals surface area (Å²) in [5.74, 6) is -0.186. The number of benzene rings is 1. The summed E-state index contributed by atoms with van der Waals surface area (Å²) in [5, 5.41) is 5.34. The summed E-state index contributed by atoms with van der Waals surface area (Å²) >= 11 is 1.41. The van der Waals surface area contributed by atoms with Gasteiger partial charge in [0, 0.05) is 10.9 Å². The lowest BCUT2D eigenvalue weighted by Crippen LogP contribution is -2.48. The van der Waals surface area contributed by atoms with Crippen LogP contribution in [0.25, 0.3) is 11.3 Å². The van der Waals surface area contributed by atoms with Crippen LogP contribution in [0.5, 0.6) is 0 Å². The molecule has 5 heteroatoms. The van der Waals surface area contributed by atoms with Gasteiger partial charge in [0.05, 0.1) is 11.2 Å². The van der Waals surface area contributed by atoms with E-state index >= 15 is 0 Å². The molecule has 3 N–H and O–H groups in total. The molecule has 0 bridgehead atoms. The van der Waals surface area contributed by atoms with Crippen molar-refractivity contribution in [2.75, 3.05) is 5.32 Å². The van der Waals surface area contributed by atoms with E-state index in [4.69, 9.17) is 5.73 Å². The van der Waals surface area contributed by atoms with Crippen LogP contribution in [0.4, 0.5) is 5.13 Å². The minimum atomic E-state index is -0.857. The smallest absolute Gasteiger partial charge is 0.245 e. The van der Waals surface area contributed by atoms with Crippen LogP contribution < -0.4 is 11.1 Å². The van der Waals surface area contributed by atoms with E-state index in [9.17, 15) is 4.79 Å². The summed E-state index contributed by atoms with van der Waals surface area (Å²) in [4.78, 5) is 16.6. The summed E-state index contributed by atoms with van der Waals surface area (Å²) in [7, 11) is 0. The van der Waals surface area contributed by atoms with E-state index in [0.29, 0.717) is 11.6 Å². The average molecular weight is 303 g/mol. The Kier molecular flexibility index (Phi) is 4.75. The number of hydrogen-bond donors (Lipinski definition) is 2. The summed E-state index contributed by atoms with van der Waals surface area (Å²) in [6.45, 7) is 5.81. The molecule has 0 aliphatic heterocycles. The highest BCUT2D eigenvalue weighted by molar-refractivity contribution is 7.14. The molecule has 0 radical (unpaired) electrons. The molecule has 112 valence electrons. The van der Waals surface area contributed by atoms with Crippen LogP contribution in [0.1, 0.15) is 32.3 Å². The summed E-state index contributed by atoms with van der Waals surface area (Å²) in [6.07, 6.45) is 1.52. The van der Waals surface area contributed by atoms with Crippen LogP contribution >= 0.6 is 11.3 Å². The number of rotatable bonds is 5. The second-order valence-corrected chi connectivity index (χ2v) is 6.38. The molecule has 0 spiro atoms. The first-order valence-corrected chi connectivity index (χ1v) is 7.93. The second kappa shape index (κ2) is 6.37. The zero-order valence-corrected chi connectivity index (χ0v) is 13.5. The van der Waals surface area contributed by atoms with Crippen LogP contribution in [0.15, 0.2) is 29.6 Å². The van der Waals surface area contributed by atoms with Gasteiger partial charge in [0.2, 0.25) is 5.91 Å². The number of carbonyl (C=O) groups excluding carboxylic acids is 1. The Labute approximate surface area is 129 Å². The highest BCUT2D eigenvalue weighted by Crippen LogP contribution is 2.25. The van der Waals surface area contributed by atoms with Gasteiger partial charge in [0.25, 0.3) is 0 Å². The van der Waals surface area contributed by atoms with Crippen LogP contribution in [-0.2, 0) is 4.79 Å². The van der Waals surface area contributed by atoms with Gasteiger partial charge < -0.3 is 11.1 Å². The molecular weight excluding hydrogens is 282 g/mol. The summed E-state index contributed by atoms with van der Waals surface area (Å²) < 4.78 is 0. The van der Waals surface area contributed by atoms with Gasteiger partial charge in [-0.15, -0.1) is 11.3 Å². The van der Waals surface area contributed by atoms with Crippen LogP contribution in [-0.4, -0.2) is 16.4 Å². The van der Waals surface area contributed by atoms with E-state index in [-0.39, 0.29) is 5.91 Å². The summed E-state index contributed by atoms with van der Waals surface area (Å²) in [6, 6.07) is 8.15. The molecule has 1 atom stereocenters. The van der Waals surface area contributed by atoms with Gasteiger partial charge in [-0.1, -0.05) is 43.2 Å².